The van der Waals surface area contributed by atoms with Crippen molar-refractivity contribution in [3.8, 4) is 0 Å². The second kappa shape index (κ2) is 4.65. The van der Waals surface area contributed by atoms with E-state index in [-0.39, 0.29) is 0 Å². The molecule has 1 aromatic carbocycles. The van der Waals surface area contributed by atoms with Gasteiger partial charge in [-0.25, -0.2) is 0 Å². The Morgan fingerprint density at radius 1 is 1.13 bits per heavy atom. The van der Waals surface area contributed by atoms with Gasteiger partial charge in [0.15, 0.2) is 0 Å². The molecular formula is C14H15N. The average Bonchev–Trinajstić information content (AvgIpc) is 2.33. The molecule has 0 spiro atoms. The van der Waals surface area contributed by atoms with E-state index < -0.39 is 0 Å². The largest absolute Gasteiger partial charge is 0.318 e. The zero-order valence-electron chi connectivity index (χ0n) is 8.76. The lowest BCUT2D eigenvalue weighted by atomic mass is 10.1. The number of anilines is 1. The number of benzene rings is 1. The maximum atomic E-state index is 3.86. The third-order valence-electron chi connectivity index (χ3n) is 2.47. The normalized spacial score (nSPS) is 14.5. The minimum Gasteiger partial charge on any atom is -0.318 e. The molecule has 0 radical (unpaired) electrons. The van der Waals surface area contributed by atoms with Crippen LogP contribution in [0.5, 0.6) is 0 Å². The molecule has 0 unspecified atom stereocenters. The summed E-state index contributed by atoms with van der Waals surface area (Å²) >= 11 is 0. The standard InChI is InChI=1S/C14H15N/c1-2-15(13-9-5-3-6-10-13)14-11-7-4-8-12-14/h2-3,5-7,9-12H,1,4,8H2. The number of hydrogen-bond donors (Lipinski definition) is 0. The molecule has 0 bridgehead atoms. The predicted molar refractivity (Wildman–Crippen MR) is 65.6 cm³/mol. The third kappa shape index (κ3) is 2.18. The van der Waals surface area contributed by atoms with Gasteiger partial charge in [0, 0.05) is 17.6 Å². The summed E-state index contributed by atoms with van der Waals surface area (Å²) in [6, 6.07) is 10.3. The molecule has 0 saturated heterocycles. The van der Waals surface area contributed by atoms with Crippen LogP contribution < -0.4 is 4.90 Å². The lowest BCUT2D eigenvalue weighted by Gasteiger charge is -2.22. The van der Waals surface area contributed by atoms with Crippen LogP contribution in [-0.2, 0) is 0 Å². The van der Waals surface area contributed by atoms with Gasteiger partial charge in [-0.15, -0.1) is 0 Å². The summed E-state index contributed by atoms with van der Waals surface area (Å²) in [6.07, 6.45) is 10.7. The summed E-state index contributed by atoms with van der Waals surface area (Å²) in [7, 11) is 0. The van der Waals surface area contributed by atoms with E-state index in [2.05, 4.69) is 41.8 Å². The molecule has 0 fully saturated rings. The Morgan fingerprint density at radius 2 is 1.93 bits per heavy atom. The quantitative estimate of drug-likeness (QED) is 0.711. The molecule has 15 heavy (non-hydrogen) atoms. The van der Waals surface area contributed by atoms with Crippen molar-refractivity contribution in [1.29, 1.82) is 0 Å². The Bertz CT molecular complexity index is 387. The van der Waals surface area contributed by atoms with Crippen LogP contribution in [0.25, 0.3) is 0 Å². The molecule has 0 aromatic heterocycles. The lowest BCUT2D eigenvalue weighted by molar-refractivity contribution is 0.996. The van der Waals surface area contributed by atoms with E-state index in [1.807, 2.05) is 24.4 Å². The maximum absolute atomic E-state index is 3.86. The molecule has 1 heteroatoms. The Morgan fingerprint density at radius 3 is 2.53 bits per heavy atom. The Balaban J connectivity index is 2.28. The summed E-state index contributed by atoms with van der Waals surface area (Å²) in [5, 5.41) is 0. The molecule has 1 nitrogen and oxygen atoms in total. The van der Waals surface area contributed by atoms with Crippen LogP contribution in [0.3, 0.4) is 0 Å². The minimum atomic E-state index is 1.11. The minimum absolute atomic E-state index is 1.11. The highest BCUT2D eigenvalue weighted by atomic mass is 15.1. The summed E-state index contributed by atoms with van der Waals surface area (Å²) in [5.41, 5.74) is 2.37. The predicted octanol–water partition coefficient (Wildman–Crippen LogP) is 3.87. The fourth-order valence-electron chi connectivity index (χ4n) is 1.73. The highest BCUT2D eigenvalue weighted by Gasteiger charge is 2.06. The first-order chi connectivity index (χ1) is 7.42. The zero-order chi connectivity index (χ0) is 10.5. The molecule has 0 aliphatic heterocycles. The van der Waals surface area contributed by atoms with Gasteiger partial charge >= 0.3 is 0 Å². The van der Waals surface area contributed by atoms with Gasteiger partial charge < -0.3 is 4.90 Å². The van der Waals surface area contributed by atoms with Crippen LogP contribution in [-0.4, -0.2) is 0 Å². The summed E-state index contributed by atoms with van der Waals surface area (Å²) < 4.78 is 0. The number of para-hydroxylation sites is 1. The Hall–Kier alpha value is -1.76. The van der Waals surface area contributed by atoms with E-state index in [0.717, 1.165) is 18.5 Å². The molecule has 76 valence electrons. The van der Waals surface area contributed by atoms with Gasteiger partial charge in [-0.05, 0) is 31.1 Å². The van der Waals surface area contributed by atoms with Crippen LogP contribution in [0.4, 0.5) is 5.69 Å². The lowest BCUT2D eigenvalue weighted by Crippen LogP contribution is -2.14. The number of rotatable bonds is 3. The fourth-order valence-corrected chi connectivity index (χ4v) is 1.73. The van der Waals surface area contributed by atoms with Crippen LogP contribution in [0.2, 0.25) is 0 Å². The summed E-state index contributed by atoms with van der Waals surface area (Å²) in [4.78, 5) is 2.11. The van der Waals surface area contributed by atoms with Gasteiger partial charge in [-0.1, -0.05) is 36.9 Å². The van der Waals surface area contributed by atoms with Crippen LogP contribution in [0.15, 0.2) is 67.0 Å². The second-order valence-electron chi connectivity index (χ2n) is 3.50. The monoisotopic (exact) mass is 197 g/mol. The molecule has 2 rings (SSSR count). The van der Waals surface area contributed by atoms with Crippen molar-refractivity contribution in [2.24, 2.45) is 0 Å². The van der Waals surface area contributed by atoms with Crippen LogP contribution in [0, 0.1) is 0 Å². The van der Waals surface area contributed by atoms with Gasteiger partial charge in [-0.2, -0.15) is 0 Å². The number of allylic oxidation sites excluding steroid dienone is 3. The molecule has 1 aromatic rings. The van der Waals surface area contributed by atoms with E-state index in [0.29, 0.717) is 0 Å². The zero-order valence-corrected chi connectivity index (χ0v) is 8.76. The van der Waals surface area contributed by atoms with Gasteiger partial charge in [-0.3, -0.25) is 0 Å². The number of hydrogen-bond acceptors (Lipinski definition) is 1. The topological polar surface area (TPSA) is 3.24 Å². The highest BCUT2D eigenvalue weighted by molar-refractivity contribution is 5.57. The molecule has 1 aliphatic carbocycles. The van der Waals surface area contributed by atoms with Crippen molar-refractivity contribution in [1.82, 2.24) is 0 Å². The summed E-state index contributed by atoms with van der Waals surface area (Å²) in [6.45, 7) is 3.86. The smallest absolute Gasteiger partial charge is 0.0455 e. The van der Waals surface area contributed by atoms with Crippen LogP contribution >= 0.6 is 0 Å². The Kier molecular flexibility index (Phi) is 3.03. The fraction of sp³-hybridized carbons (Fsp3) is 0.143. The molecule has 0 saturated carbocycles. The molecule has 0 atom stereocenters. The first kappa shape index (κ1) is 9.78. The van der Waals surface area contributed by atoms with Gasteiger partial charge in [0.05, 0.1) is 0 Å². The van der Waals surface area contributed by atoms with Crippen molar-refractivity contribution in [3.05, 3.63) is 67.0 Å². The molecule has 0 N–H and O–H groups in total. The van der Waals surface area contributed by atoms with E-state index >= 15 is 0 Å². The highest BCUT2D eigenvalue weighted by Crippen LogP contribution is 2.22. The first-order valence-corrected chi connectivity index (χ1v) is 5.25. The SMILES string of the molecule is C=CN(C1=CCCC=C1)c1ccccc1. The Labute approximate surface area is 91.0 Å². The maximum Gasteiger partial charge on any atom is 0.0455 e. The van der Waals surface area contributed by atoms with Crippen molar-refractivity contribution in [2.75, 3.05) is 4.90 Å². The molecular weight excluding hydrogens is 182 g/mol. The van der Waals surface area contributed by atoms with Crippen molar-refractivity contribution in [2.45, 2.75) is 12.8 Å². The third-order valence-corrected chi connectivity index (χ3v) is 2.47. The molecule has 1 aliphatic rings. The van der Waals surface area contributed by atoms with Crippen LogP contribution in [0.1, 0.15) is 12.8 Å². The first-order valence-electron chi connectivity index (χ1n) is 5.25. The van der Waals surface area contributed by atoms with E-state index in [1.54, 1.807) is 0 Å². The van der Waals surface area contributed by atoms with E-state index in [9.17, 15) is 0 Å². The second-order valence-corrected chi connectivity index (χ2v) is 3.50. The van der Waals surface area contributed by atoms with Gasteiger partial charge in [0.25, 0.3) is 0 Å². The van der Waals surface area contributed by atoms with Crippen molar-refractivity contribution < 1.29 is 0 Å². The van der Waals surface area contributed by atoms with Crippen molar-refractivity contribution >= 4 is 5.69 Å². The molecule has 0 amide bonds. The van der Waals surface area contributed by atoms with Gasteiger partial charge in [0.1, 0.15) is 0 Å². The van der Waals surface area contributed by atoms with E-state index in [1.165, 1.54) is 5.70 Å². The average molecular weight is 197 g/mol. The summed E-state index contributed by atoms with van der Waals surface area (Å²) in [5.74, 6) is 0. The molecule has 0 heterocycles. The van der Waals surface area contributed by atoms with Crippen molar-refractivity contribution in [3.63, 3.8) is 0 Å². The van der Waals surface area contributed by atoms with E-state index in [4.69, 9.17) is 0 Å². The van der Waals surface area contributed by atoms with Gasteiger partial charge in [0.2, 0.25) is 0 Å². The number of nitrogens with zero attached hydrogens (tertiary/aromatic N) is 1.